The molecule has 2 N–H and O–H groups in total. The van der Waals surface area contributed by atoms with Crippen molar-refractivity contribution in [1.29, 1.82) is 0 Å². The molecule has 0 aromatic heterocycles. The molecule has 4 heteroatoms. The Labute approximate surface area is 100 Å². The van der Waals surface area contributed by atoms with Crippen molar-refractivity contribution in [3.8, 4) is 0 Å². The summed E-state index contributed by atoms with van der Waals surface area (Å²) in [7, 11) is 1.58. The van der Waals surface area contributed by atoms with Gasteiger partial charge in [-0.3, -0.25) is 9.59 Å². The molecule has 1 aromatic carbocycles. The molecule has 90 valence electrons. The van der Waals surface area contributed by atoms with E-state index in [1.165, 1.54) is 0 Å². The van der Waals surface area contributed by atoms with Gasteiger partial charge in [-0.15, -0.1) is 0 Å². The molecule has 1 aliphatic carbocycles. The Morgan fingerprint density at radius 1 is 1.35 bits per heavy atom. The van der Waals surface area contributed by atoms with Crippen molar-refractivity contribution >= 4 is 17.5 Å². The minimum Gasteiger partial charge on any atom is -0.355 e. The van der Waals surface area contributed by atoms with E-state index in [2.05, 4.69) is 17.6 Å². The maximum absolute atomic E-state index is 11.7. The van der Waals surface area contributed by atoms with Crippen LogP contribution in [0.2, 0.25) is 0 Å². The van der Waals surface area contributed by atoms with E-state index in [4.69, 9.17) is 0 Å². The van der Waals surface area contributed by atoms with E-state index in [1.54, 1.807) is 31.3 Å². The third-order valence-electron chi connectivity index (χ3n) is 3.07. The molecule has 2 rings (SSSR count). The largest absolute Gasteiger partial charge is 0.355 e. The van der Waals surface area contributed by atoms with Gasteiger partial charge >= 0.3 is 0 Å². The minimum absolute atomic E-state index is 0.0477. The fraction of sp³-hybridized carbons (Fsp3) is 0.385. The predicted octanol–water partition coefficient (Wildman–Crippen LogP) is 1.64. The molecule has 4 nitrogen and oxygen atoms in total. The Morgan fingerprint density at radius 3 is 2.65 bits per heavy atom. The van der Waals surface area contributed by atoms with Crippen LogP contribution in [0, 0.1) is 11.8 Å². The van der Waals surface area contributed by atoms with Crippen molar-refractivity contribution < 1.29 is 9.59 Å². The van der Waals surface area contributed by atoms with Crippen molar-refractivity contribution in [2.75, 3.05) is 12.4 Å². The Balaban J connectivity index is 2.06. The van der Waals surface area contributed by atoms with Gasteiger partial charge in [-0.05, 0) is 30.5 Å². The number of hydrogen-bond acceptors (Lipinski definition) is 2. The Morgan fingerprint density at radius 2 is 2.06 bits per heavy atom. The Kier molecular flexibility index (Phi) is 3.13. The lowest BCUT2D eigenvalue weighted by atomic mass is 10.2. The summed E-state index contributed by atoms with van der Waals surface area (Å²) in [6.07, 6.45) is 0.959. The van der Waals surface area contributed by atoms with E-state index in [1.807, 2.05) is 0 Å². The van der Waals surface area contributed by atoms with E-state index >= 15 is 0 Å². The zero-order chi connectivity index (χ0) is 12.4. The van der Waals surface area contributed by atoms with Crippen molar-refractivity contribution in [1.82, 2.24) is 5.32 Å². The zero-order valence-corrected chi connectivity index (χ0v) is 9.99. The summed E-state index contributed by atoms with van der Waals surface area (Å²) < 4.78 is 0. The van der Waals surface area contributed by atoms with E-state index in [0.717, 1.165) is 6.42 Å². The molecule has 0 radical (unpaired) electrons. The molecule has 17 heavy (non-hydrogen) atoms. The summed E-state index contributed by atoms with van der Waals surface area (Å²) in [6.45, 7) is 2.06. The second-order valence-corrected chi connectivity index (χ2v) is 4.47. The highest BCUT2D eigenvalue weighted by molar-refractivity contribution is 5.98. The fourth-order valence-electron chi connectivity index (χ4n) is 1.80. The van der Waals surface area contributed by atoms with Gasteiger partial charge in [-0.1, -0.05) is 13.0 Å². The van der Waals surface area contributed by atoms with Crippen LogP contribution >= 0.6 is 0 Å². The summed E-state index contributed by atoms with van der Waals surface area (Å²) in [6, 6.07) is 6.95. The molecule has 2 atom stereocenters. The SMILES string of the molecule is CNC(=O)c1cccc(NC(=O)C2CC2C)c1. The fourth-order valence-corrected chi connectivity index (χ4v) is 1.80. The van der Waals surface area contributed by atoms with Gasteiger partial charge in [0, 0.05) is 24.2 Å². The van der Waals surface area contributed by atoms with Gasteiger partial charge in [0.15, 0.2) is 0 Å². The number of amides is 2. The first kappa shape index (κ1) is 11.6. The first-order valence-electron chi connectivity index (χ1n) is 5.75. The second-order valence-electron chi connectivity index (χ2n) is 4.47. The van der Waals surface area contributed by atoms with Crippen molar-refractivity contribution in [2.24, 2.45) is 11.8 Å². The van der Waals surface area contributed by atoms with Gasteiger partial charge in [0.2, 0.25) is 5.91 Å². The predicted molar refractivity (Wildman–Crippen MR) is 65.7 cm³/mol. The number of nitrogens with one attached hydrogen (secondary N) is 2. The van der Waals surface area contributed by atoms with E-state index < -0.39 is 0 Å². The Bertz CT molecular complexity index is 456. The second kappa shape index (κ2) is 4.57. The Hall–Kier alpha value is -1.84. The monoisotopic (exact) mass is 232 g/mol. The van der Waals surface area contributed by atoms with Gasteiger partial charge < -0.3 is 10.6 Å². The molecule has 0 saturated heterocycles. The average molecular weight is 232 g/mol. The topological polar surface area (TPSA) is 58.2 Å². The van der Waals surface area contributed by atoms with Gasteiger partial charge in [0.05, 0.1) is 0 Å². The quantitative estimate of drug-likeness (QED) is 0.832. The summed E-state index contributed by atoms with van der Waals surface area (Å²) in [5.74, 6) is 0.517. The highest BCUT2D eigenvalue weighted by atomic mass is 16.2. The standard InChI is InChI=1S/C13H16N2O2/c1-8-6-11(8)13(17)15-10-5-3-4-9(7-10)12(16)14-2/h3-5,7-8,11H,6H2,1-2H3,(H,14,16)(H,15,17). The normalized spacial score (nSPS) is 21.8. The number of benzene rings is 1. The lowest BCUT2D eigenvalue weighted by Gasteiger charge is -2.06. The zero-order valence-electron chi connectivity index (χ0n) is 9.99. The van der Waals surface area contributed by atoms with Crippen LogP contribution in [-0.4, -0.2) is 18.9 Å². The third-order valence-corrected chi connectivity index (χ3v) is 3.07. The highest BCUT2D eigenvalue weighted by Gasteiger charge is 2.39. The number of rotatable bonds is 3. The van der Waals surface area contributed by atoms with Gasteiger partial charge in [-0.25, -0.2) is 0 Å². The van der Waals surface area contributed by atoms with Crippen LogP contribution < -0.4 is 10.6 Å². The third kappa shape index (κ3) is 2.64. The molecule has 1 fully saturated rings. The first-order valence-corrected chi connectivity index (χ1v) is 5.75. The van der Waals surface area contributed by atoms with Crippen molar-refractivity contribution in [3.05, 3.63) is 29.8 Å². The summed E-state index contributed by atoms with van der Waals surface area (Å²) in [4.78, 5) is 23.2. The molecule has 1 aliphatic rings. The molecular weight excluding hydrogens is 216 g/mol. The molecule has 0 aliphatic heterocycles. The minimum atomic E-state index is -0.152. The lowest BCUT2D eigenvalue weighted by Crippen LogP contribution is -2.19. The molecule has 2 unspecified atom stereocenters. The van der Waals surface area contributed by atoms with Gasteiger partial charge in [0.25, 0.3) is 5.91 Å². The van der Waals surface area contributed by atoms with E-state index in [9.17, 15) is 9.59 Å². The smallest absolute Gasteiger partial charge is 0.251 e. The van der Waals surface area contributed by atoms with E-state index in [0.29, 0.717) is 17.2 Å². The molecule has 0 spiro atoms. The summed E-state index contributed by atoms with van der Waals surface area (Å²) in [5, 5.41) is 5.39. The number of hydrogen-bond donors (Lipinski definition) is 2. The van der Waals surface area contributed by atoms with Crippen molar-refractivity contribution in [3.63, 3.8) is 0 Å². The van der Waals surface area contributed by atoms with Gasteiger partial charge in [0.1, 0.15) is 0 Å². The maximum Gasteiger partial charge on any atom is 0.251 e. The van der Waals surface area contributed by atoms with Gasteiger partial charge in [-0.2, -0.15) is 0 Å². The van der Waals surface area contributed by atoms with Crippen LogP contribution in [0.3, 0.4) is 0 Å². The summed E-state index contributed by atoms with van der Waals surface area (Å²) in [5.41, 5.74) is 1.23. The average Bonchev–Trinajstić information content (AvgIpc) is 3.06. The molecule has 2 amide bonds. The first-order chi connectivity index (χ1) is 8.11. The van der Waals surface area contributed by atoms with Crippen LogP contribution in [0.15, 0.2) is 24.3 Å². The van der Waals surface area contributed by atoms with Crippen LogP contribution in [0.25, 0.3) is 0 Å². The molecule has 0 bridgehead atoms. The number of anilines is 1. The molecule has 0 heterocycles. The van der Waals surface area contributed by atoms with Crippen molar-refractivity contribution in [2.45, 2.75) is 13.3 Å². The molecule has 1 aromatic rings. The maximum atomic E-state index is 11.7. The van der Waals surface area contributed by atoms with Crippen LogP contribution in [-0.2, 0) is 4.79 Å². The molecular formula is C13H16N2O2. The summed E-state index contributed by atoms with van der Waals surface area (Å²) >= 11 is 0. The molecule has 1 saturated carbocycles. The van der Waals surface area contributed by atoms with Crippen LogP contribution in [0.1, 0.15) is 23.7 Å². The highest BCUT2D eigenvalue weighted by Crippen LogP contribution is 2.38. The lowest BCUT2D eigenvalue weighted by molar-refractivity contribution is -0.117. The number of carbonyl (C=O) groups excluding carboxylic acids is 2. The van der Waals surface area contributed by atoms with Crippen LogP contribution in [0.5, 0.6) is 0 Å². The number of carbonyl (C=O) groups is 2. The van der Waals surface area contributed by atoms with E-state index in [-0.39, 0.29) is 17.7 Å². The van der Waals surface area contributed by atoms with Crippen LogP contribution in [0.4, 0.5) is 5.69 Å².